The highest BCUT2D eigenvalue weighted by Gasteiger charge is 2.32. The Morgan fingerprint density at radius 1 is 1.00 bits per heavy atom. The number of ether oxygens (including phenoxy) is 1. The van der Waals surface area contributed by atoms with Crippen LogP contribution in [0, 0.1) is 3.57 Å². The third-order valence-electron chi connectivity index (χ3n) is 6.52. The highest BCUT2D eigenvalue weighted by molar-refractivity contribution is 14.1. The summed E-state index contributed by atoms with van der Waals surface area (Å²) < 4.78 is 7.21. The molecule has 1 amide bonds. The van der Waals surface area contributed by atoms with Gasteiger partial charge in [0.1, 0.15) is 6.10 Å². The molecule has 2 aromatic carbocycles. The first-order valence-electron chi connectivity index (χ1n) is 11.5. The number of anilines is 2. The van der Waals surface area contributed by atoms with Gasteiger partial charge in [0.15, 0.2) is 0 Å². The molecule has 2 heterocycles. The summed E-state index contributed by atoms with van der Waals surface area (Å²) >= 11 is 2.37. The van der Waals surface area contributed by atoms with Crippen LogP contribution in [0.5, 0.6) is 0 Å². The summed E-state index contributed by atoms with van der Waals surface area (Å²) in [4.78, 5) is 20.1. The monoisotopic (exact) mass is 547 g/mol. The lowest BCUT2D eigenvalue weighted by Gasteiger charge is -2.36. The number of rotatable bonds is 4. The summed E-state index contributed by atoms with van der Waals surface area (Å²) in [6.45, 7) is 11.9. The largest absolute Gasteiger partial charge is 0.369 e. The maximum absolute atomic E-state index is 13.4. The SMILES string of the molecule is CN1CCN(c2cc(I)ccc2CC2OCCN(c3ccc(C(C)(C)C)cc3)C2=O)CC1. The van der Waals surface area contributed by atoms with Crippen LogP contribution in [-0.4, -0.2) is 63.3 Å². The first-order chi connectivity index (χ1) is 15.2. The zero-order valence-corrected chi connectivity index (χ0v) is 21.8. The van der Waals surface area contributed by atoms with Crippen molar-refractivity contribution in [2.75, 3.05) is 56.2 Å². The highest BCUT2D eigenvalue weighted by Crippen LogP contribution is 2.29. The van der Waals surface area contributed by atoms with Gasteiger partial charge >= 0.3 is 0 Å². The first-order valence-corrected chi connectivity index (χ1v) is 12.6. The maximum Gasteiger partial charge on any atom is 0.256 e. The Hall–Kier alpha value is -1.64. The molecule has 0 radical (unpaired) electrons. The Balaban J connectivity index is 1.52. The summed E-state index contributed by atoms with van der Waals surface area (Å²) in [6.07, 6.45) is 0.158. The molecule has 6 heteroatoms. The van der Waals surface area contributed by atoms with E-state index in [4.69, 9.17) is 4.74 Å². The Kier molecular flexibility index (Phi) is 7.12. The quantitative estimate of drug-likeness (QED) is 0.535. The van der Waals surface area contributed by atoms with Gasteiger partial charge in [0.25, 0.3) is 5.91 Å². The molecule has 4 rings (SSSR count). The van der Waals surface area contributed by atoms with Crippen molar-refractivity contribution in [3.8, 4) is 0 Å². The van der Waals surface area contributed by atoms with E-state index < -0.39 is 6.10 Å². The number of piperazine rings is 1. The lowest BCUT2D eigenvalue weighted by molar-refractivity contribution is -0.133. The van der Waals surface area contributed by atoms with Crippen molar-refractivity contribution >= 4 is 39.9 Å². The molecule has 2 saturated heterocycles. The minimum absolute atomic E-state index is 0.0580. The maximum atomic E-state index is 13.4. The highest BCUT2D eigenvalue weighted by atomic mass is 127. The zero-order valence-electron chi connectivity index (χ0n) is 19.6. The van der Waals surface area contributed by atoms with Gasteiger partial charge in [-0.15, -0.1) is 0 Å². The predicted octanol–water partition coefficient (Wildman–Crippen LogP) is 4.32. The van der Waals surface area contributed by atoms with Crippen LogP contribution < -0.4 is 9.80 Å². The third kappa shape index (κ3) is 5.29. The normalized spacial score (nSPS) is 20.7. The van der Waals surface area contributed by atoms with Gasteiger partial charge in [0.2, 0.25) is 0 Å². The van der Waals surface area contributed by atoms with Crippen LogP contribution in [0.3, 0.4) is 0 Å². The number of hydrogen-bond donors (Lipinski definition) is 0. The molecular weight excluding hydrogens is 513 g/mol. The Bertz CT molecular complexity index is 947. The number of benzene rings is 2. The Morgan fingerprint density at radius 3 is 2.34 bits per heavy atom. The minimum Gasteiger partial charge on any atom is -0.369 e. The summed E-state index contributed by atoms with van der Waals surface area (Å²) in [5, 5.41) is 0. The molecule has 2 aliphatic rings. The van der Waals surface area contributed by atoms with E-state index in [0.29, 0.717) is 19.6 Å². The van der Waals surface area contributed by atoms with Crippen LogP contribution in [0.25, 0.3) is 0 Å². The smallest absolute Gasteiger partial charge is 0.256 e. The van der Waals surface area contributed by atoms with Crippen molar-refractivity contribution < 1.29 is 9.53 Å². The van der Waals surface area contributed by atoms with Gasteiger partial charge in [-0.2, -0.15) is 0 Å². The third-order valence-corrected chi connectivity index (χ3v) is 7.19. The van der Waals surface area contributed by atoms with E-state index in [1.165, 1.54) is 20.4 Å². The number of morpholine rings is 1. The minimum atomic E-state index is -0.447. The van der Waals surface area contributed by atoms with E-state index in [-0.39, 0.29) is 11.3 Å². The van der Waals surface area contributed by atoms with Gasteiger partial charge < -0.3 is 19.4 Å². The fourth-order valence-corrected chi connectivity index (χ4v) is 4.91. The van der Waals surface area contributed by atoms with Gasteiger partial charge in [-0.3, -0.25) is 4.79 Å². The van der Waals surface area contributed by atoms with Gasteiger partial charge in [0, 0.05) is 54.1 Å². The fourth-order valence-electron chi connectivity index (χ4n) is 4.44. The van der Waals surface area contributed by atoms with Crippen LogP contribution in [-0.2, 0) is 21.4 Å². The predicted molar refractivity (Wildman–Crippen MR) is 140 cm³/mol. The number of amides is 1. The van der Waals surface area contributed by atoms with E-state index in [9.17, 15) is 4.79 Å². The van der Waals surface area contributed by atoms with Crippen LogP contribution in [0.15, 0.2) is 42.5 Å². The molecule has 0 aliphatic carbocycles. The van der Waals surface area contributed by atoms with E-state index in [1.54, 1.807) is 0 Å². The van der Waals surface area contributed by atoms with Crippen LogP contribution in [0.1, 0.15) is 31.9 Å². The molecule has 0 saturated carbocycles. The van der Waals surface area contributed by atoms with Crippen molar-refractivity contribution in [1.82, 2.24) is 4.90 Å². The van der Waals surface area contributed by atoms with E-state index in [2.05, 4.69) is 103 Å². The van der Waals surface area contributed by atoms with Crippen LogP contribution >= 0.6 is 22.6 Å². The van der Waals surface area contributed by atoms with Crippen molar-refractivity contribution in [3.63, 3.8) is 0 Å². The lowest BCUT2D eigenvalue weighted by atomic mass is 9.87. The topological polar surface area (TPSA) is 36.0 Å². The standard InChI is InChI=1S/C26H34IN3O2/c1-26(2,3)20-6-9-22(10-7-20)30-15-16-32-24(25(30)31)17-19-5-8-21(27)18-23(19)29-13-11-28(4)12-14-29/h5-10,18,24H,11-17H2,1-4H3. The molecule has 2 aromatic rings. The fraction of sp³-hybridized carbons (Fsp3) is 0.500. The Morgan fingerprint density at radius 2 is 1.69 bits per heavy atom. The summed E-state index contributed by atoms with van der Waals surface area (Å²) in [5.74, 6) is 0.0580. The average Bonchev–Trinajstić information content (AvgIpc) is 2.76. The molecule has 1 unspecified atom stereocenters. The zero-order chi connectivity index (χ0) is 22.9. The average molecular weight is 547 g/mol. The molecule has 1 atom stereocenters. The molecule has 0 bridgehead atoms. The number of carbonyl (C=O) groups is 1. The molecular formula is C26H34IN3O2. The van der Waals surface area contributed by atoms with E-state index in [0.717, 1.165) is 31.9 Å². The molecule has 172 valence electrons. The van der Waals surface area contributed by atoms with Crippen molar-refractivity contribution in [3.05, 3.63) is 57.2 Å². The van der Waals surface area contributed by atoms with Gasteiger partial charge in [-0.1, -0.05) is 39.0 Å². The van der Waals surface area contributed by atoms with Crippen molar-refractivity contribution in [1.29, 1.82) is 0 Å². The van der Waals surface area contributed by atoms with Gasteiger partial charge in [-0.25, -0.2) is 0 Å². The molecule has 32 heavy (non-hydrogen) atoms. The molecule has 5 nitrogen and oxygen atoms in total. The first kappa shape index (κ1) is 23.5. The number of carbonyl (C=O) groups excluding carboxylic acids is 1. The second-order valence-corrected chi connectivity index (χ2v) is 11.2. The summed E-state index contributed by atoms with van der Waals surface area (Å²) in [5.41, 5.74) is 4.76. The number of nitrogens with zero attached hydrogens (tertiary/aromatic N) is 3. The second kappa shape index (κ2) is 9.69. The van der Waals surface area contributed by atoms with Crippen molar-refractivity contribution in [2.45, 2.75) is 38.7 Å². The summed E-state index contributed by atoms with van der Waals surface area (Å²) in [6, 6.07) is 15.0. The molecule has 0 aromatic heterocycles. The van der Waals surface area contributed by atoms with E-state index >= 15 is 0 Å². The van der Waals surface area contributed by atoms with Crippen LogP contribution in [0.4, 0.5) is 11.4 Å². The number of hydrogen-bond acceptors (Lipinski definition) is 4. The number of halogens is 1. The molecule has 0 N–H and O–H groups in total. The second-order valence-electron chi connectivity index (χ2n) is 9.91. The molecule has 2 fully saturated rings. The summed E-state index contributed by atoms with van der Waals surface area (Å²) in [7, 11) is 2.17. The lowest BCUT2D eigenvalue weighted by Crippen LogP contribution is -2.49. The van der Waals surface area contributed by atoms with Crippen molar-refractivity contribution in [2.24, 2.45) is 0 Å². The van der Waals surface area contributed by atoms with E-state index in [1.807, 2.05) is 4.90 Å². The Labute approximate surface area is 205 Å². The van der Waals surface area contributed by atoms with Gasteiger partial charge in [-0.05, 0) is 70.4 Å². The van der Waals surface area contributed by atoms with Gasteiger partial charge in [0.05, 0.1) is 6.61 Å². The molecule has 0 spiro atoms. The number of likely N-dealkylation sites (N-methyl/N-ethyl adjacent to an activating group) is 1. The molecule has 2 aliphatic heterocycles. The van der Waals surface area contributed by atoms with Crippen LogP contribution in [0.2, 0.25) is 0 Å².